The summed E-state index contributed by atoms with van der Waals surface area (Å²) < 4.78 is 7.48. The van der Waals surface area contributed by atoms with Gasteiger partial charge in [-0.2, -0.15) is 4.98 Å². The summed E-state index contributed by atoms with van der Waals surface area (Å²) >= 11 is 0. The van der Waals surface area contributed by atoms with E-state index in [9.17, 15) is 4.79 Å². The summed E-state index contributed by atoms with van der Waals surface area (Å²) in [5.74, 6) is 1.42. The van der Waals surface area contributed by atoms with E-state index < -0.39 is 0 Å². The molecule has 0 bridgehead atoms. The highest BCUT2D eigenvalue weighted by molar-refractivity contribution is 5.93. The highest BCUT2D eigenvalue weighted by Gasteiger charge is 2.18. The van der Waals surface area contributed by atoms with Crippen LogP contribution in [0.4, 0.5) is 11.4 Å². The Hall–Kier alpha value is -3.20. The van der Waals surface area contributed by atoms with Gasteiger partial charge in [-0.15, -0.1) is 5.10 Å². The fourth-order valence-corrected chi connectivity index (χ4v) is 3.77. The molecule has 1 amide bonds. The number of carbonyl (C=O) groups excluding carboxylic acids is 1. The van der Waals surface area contributed by atoms with E-state index in [1.807, 2.05) is 45.0 Å². The Morgan fingerprint density at radius 2 is 1.90 bits per heavy atom. The van der Waals surface area contributed by atoms with E-state index in [1.165, 1.54) is 0 Å². The summed E-state index contributed by atoms with van der Waals surface area (Å²) in [6.45, 7) is 10.3. The Morgan fingerprint density at radius 3 is 2.65 bits per heavy atom. The summed E-state index contributed by atoms with van der Waals surface area (Å²) in [4.78, 5) is 26.1. The van der Waals surface area contributed by atoms with Crippen LogP contribution < -0.4 is 15.0 Å². The highest BCUT2D eigenvalue weighted by Crippen LogP contribution is 2.31. The van der Waals surface area contributed by atoms with Gasteiger partial charge in [-0.25, -0.2) is 9.50 Å². The molecule has 9 heteroatoms. The van der Waals surface area contributed by atoms with Gasteiger partial charge in [-0.1, -0.05) is 0 Å². The van der Waals surface area contributed by atoms with Gasteiger partial charge in [-0.05, 0) is 46.0 Å². The van der Waals surface area contributed by atoms with Gasteiger partial charge in [0.2, 0.25) is 5.91 Å². The number of aryl methyl sites for hydroxylation is 2. The number of aromatic nitrogens is 4. The van der Waals surface area contributed by atoms with Crippen LogP contribution in [0.3, 0.4) is 0 Å². The number of benzene rings is 1. The smallest absolute Gasteiger partial charge is 0.252 e. The maximum absolute atomic E-state index is 12.7. The van der Waals surface area contributed by atoms with Crippen molar-refractivity contribution in [1.29, 1.82) is 0 Å². The van der Waals surface area contributed by atoms with E-state index in [4.69, 9.17) is 4.74 Å². The number of ether oxygens (including phenoxy) is 1. The molecule has 2 aromatic heterocycles. The minimum absolute atomic E-state index is 0.0631. The minimum Gasteiger partial charge on any atom is -0.492 e. The van der Waals surface area contributed by atoms with E-state index in [-0.39, 0.29) is 12.3 Å². The first-order chi connectivity index (χ1) is 14.9. The highest BCUT2D eigenvalue weighted by atomic mass is 16.5. The molecule has 4 rings (SSSR count). The zero-order valence-electron chi connectivity index (χ0n) is 18.6. The summed E-state index contributed by atoms with van der Waals surface area (Å²) in [7, 11) is 2.14. The van der Waals surface area contributed by atoms with Crippen molar-refractivity contribution in [3.8, 4) is 5.75 Å². The van der Waals surface area contributed by atoms with Gasteiger partial charge >= 0.3 is 0 Å². The third-order valence-electron chi connectivity index (χ3n) is 5.39. The van der Waals surface area contributed by atoms with Crippen molar-refractivity contribution in [3.63, 3.8) is 0 Å². The number of nitrogens with one attached hydrogen (secondary N) is 1. The molecule has 1 fully saturated rings. The maximum atomic E-state index is 12.7. The second kappa shape index (κ2) is 8.89. The molecule has 1 saturated heterocycles. The molecule has 1 aliphatic heterocycles. The number of carbonyl (C=O) groups is 1. The Balaban J connectivity index is 1.48. The average Bonchev–Trinajstić information content (AvgIpc) is 3.12. The van der Waals surface area contributed by atoms with Crippen LogP contribution in [-0.2, 0) is 11.2 Å². The third-order valence-corrected chi connectivity index (χ3v) is 5.39. The van der Waals surface area contributed by atoms with Crippen LogP contribution in [0.1, 0.15) is 24.1 Å². The largest absolute Gasteiger partial charge is 0.492 e. The Labute approximate surface area is 182 Å². The first kappa shape index (κ1) is 21.0. The standard InChI is InChI=1S/C22H29N7O2/c1-5-31-19-13-17(28-10-8-27(4)9-11-28)6-7-18(19)24-21(30)14-20-25-22-23-15(2)12-16(3)29(22)26-20/h6-7,12-13H,5,8-11,14H2,1-4H3,(H,24,30). The molecule has 0 saturated carbocycles. The van der Waals surface area contributed by atoms with Crippen molar-refractivity contribution in [2.24, 2.45) is 0 Å². The van der Waals surface area contributed by atoms with Gasteiger partial charge < -0.3 is 19.9 Å². The Bertz CT molecular complexity index is 1090. The number of hydrogen-bond donors (Lipinski definition) is 1. The van der Waals surface area contributed by atoms with Crippen molar-refractivity contribution in [2.45, 2.75) is 27.2 Å². The SMILES string of the molecule is CCOc1cc(N2CCN(C)CC2)ccc1NC(=O)Cc1nc2nc(C)cc(C)n2n1. The molecule has 1 aliphatic rings. The third kappa shape index (κ3) is 4.77. The molecule has 31 heavy (non-hydrogen) atoms. The predicted octanol–water partition coefficient (Wildman–Crippen LogP) is 2.07. The molecular formula is C22H29N7O2. The van der Waals surface area contributed by atoms with E-state index >= 15 is 0 Å². The summed E-state index contributed by atoms with van der Waals surface area (Å²) in [5.41, 5.74) is 3.56. The van der Waals surface area contributed by atoms with Gasteiger partial charge in [0.05, 0.1) is 18.7 Å². The van der Waals surface area contributed by atoms with Gasteiger partial charge in [0.25, 0.3) is 5.78 Å². The molecule has 0 unspecified atom stereocenters. The maximum Gasteiger partial charge on any atom is 0.252 e. The summed E-state index contributed by atoms with van der Waals surface area (Å²) in [6.07, 6.45) is 0.0631. The topological polar surface area (TPSA) is 87.9 Å². The van der Waals surface area contributed by atoms with Crippen LogP contribution in [0, 0.1) is 13.8 Å². The number of anilines is 2. The Morgan fingerprint density at radius 1 is 1.13 bits per heavy atom. The minimum atomic E-state index is -0.196. The van der Waals surface area contributed by atoms with Gasteiger partial charge in [0.15, 0.2) is 5.82 Å². The van der Waals surface area contributed by atoms with Crippen LogP contribution in [0.5, 0.6) is 5.75 Å². The molecule has 0 aliphatic carbocycles. The summed E-state index contributed by atoms with van der Waals surface area (Å²) in [6, 6.07) is 7.87. The lowest BCUT2D eigenvalue weighted by Gasteiger charge is -2.34. The van der Waals surface area contributed by atoms with Crippen molar-refractivity contribution in [3.05, 3.63) is 41.5 Å². The zero-order valence-corrected chi connectivity index (χ0v) is 18.6. The molecule has 0 atom stereocenters. The van der Waals surface area contributed by atoms with E-state index in [0.717, 1.165) is 43.3 Å². The van der Waals surface area contributed by atoms with Crippen molar-refractivity contribution in [1.82, 2.24) is 24.5 Å². The lowest BCUT2D eigenvalue weighted by atomic mass is 10.2. The molecule has 9 nitrogen and oxygen atoms in total. The number of amides is 1. The van der Waals surface area contributed by atoms with Crippen molar-refractivity contribution in [2.75, 3.05) is 50.1 Å². The number of fused-ring (bicyclic) bond motifs is 1. The van der Waals surface area contributed by atoms with E-state index in [2.05, 4.69) is 37.2 Å². The zero-order chi connectivity index (χ0) is 22.0. The lowest BCUT2D eigenvalue weighted by Crippen LogP contribution is -2.44. The number of piperazine rings is 1. The first-order valence-electron chi connectivity index (χ1n) is 10.6. The molecule has 1 aromatic carbocycles. The van der Waals surface area contributed by atoms with Gasteiger partial charge in [-0.3, -0.25) is 4.79 Å². The fraction of sp³-hybridized carbons (Fsp3) is 0.455. The number of rotatable bonds is 6. The van der Waals surface area contributed by atoms with Gasteiger partial charge in [0.1, 0.15) is 5.75 Å². The number of hydrogen-bond acceptors (Lipinski definition) is 7. The van der Waals surface area contributed by atoms with Crippen LogP contribution in [0.2, 0.25) is 0 Å². The molecule has 0 spiro atoms. The van der Waals surface area contributed by atoms with Crippen molar-refractivity contribution >= 4 is 23.1 Å². The molecule has 3 aromatic rings. The quantitative estimate of drug-likeness (QED) is 0.649. The van der Waals surface area contributed by atoms with Crippen LogP contribution in [-0.4, -0.2) is 70.2 Å². The average molecular weight is 424 g/mol. The molecule has 1 N–H and O–H groups in total. The van der Waals surface area contributed by atoms with E-state index in [0.29, 0.717) is 29.6 Å². The van der Waals surface area contributed by atoms with Crippen LogP contribution >= 0.6 is 0 Å². The lowest BCUT2D eigenvalue weighted by molar-refractivity contribution is -0.115. The fourth-order valence-electron chi connectivity index (χ4n) is 3.77. The number of likely N-dealkylation sites (N-methyl/N-ethyl adjacent to an activating group) is 1. The van der Waals surface area contributed by atoms with Crippen LogP contribution in [0.25, 0.3) is 5.78 Å². The second-order valence-electron chi connectivity index (χ2n) is 7.91. The summed E-state index contributed by atoms with van der Waals surface area (Å²) in [5, 5.41) is 7.37. The van der Waals surface area contributed by atoms with Gasteiger partial charge in [0, 0.05) is 49.3 Å². The number of nitrogens with zero attached hydrogens (tertiary/aromatic N) is 6. The van der Waals surface area contributed by atoms with E-state index in [1.54, 1.807) is 4.52 Å². The normalized spacial score (nSPS) is 14.8. The first-order valence-corrected chi connectivity index (χ1v) is 10.6. The molecule has 164 valence electrons. The Kier molecular flexibility index (Phi) is 6.03. The monoisotopic (exact) mass is 423 g/mol. The molecular weight excluding hydrogens is 394 g/mol. The molecule has 3 heterocycles. The predicted molar refractivity (Wildman–Crippen MR) is 120 cm³/mol. The second-order valence-corrected chi connectivity index (χ2v) is 7.91. The van der Waals surface area contributed by atoms with Crippen LogP contribution in [0.15, 0.2) is 24.3 Å². The molecule has 0 radical (unpaired) electrons. The van der Waals surface area contributed by atoms with Crippen molar-refractivity contribution < 1.29 is 9.53 Å².